The van der Waals surface area contributed by atoms with Gasteiger partial charge in [0.1, 0.15) is 6.61 Å². The Morgan fingerprint density at radius 1 is 1.18 bits per heavy atom. The fraction of sp³-hybridized carbons (Fsp3) is 0.217. The minimum Gasteiger partial charge on any atom is -0.493 e. The van der Waals surface area contributed by atoms with Crippen molar-refractivity contribution in [1.82, 2.24) is 15.4 Å². The Morgan fingerprint density at radius 2 is 1.88 bits per heavy atom. The second-order valence-corrected chi connectivity index (χ2v) is 9.51. The van der Waals surface area contributed by atoms with E-state index in [9.17, 15) is 4.79 Å². The number of amides is 1. The summed E-state index contributed by atoms with van der Waals surface area (Å²) < 4.78 is 12.3. The minimum atomic E-state index is -0.247. The predicted molar refractivity (Wildman–Crippen MR) is 139 cm³/mol. The number of nitrogens with one attached hydrogen (secondary N) is 1. The summed E-state index contributed by atoms with van der Waals surface area (Å²) in [5, 5.41) is 5.30. The maximum absolute atomic E-state index is 12.1. The average molecular weight is 597 g/mol. The zero-order chi connectivity index (χ0) is 23.8. The summed E-state index contributed by atoms with van der Waals surface area (Å²) >= 11 is 9.38. The number of benzene rings is 2. The number of methoxy groups -OCH3 is 1. The second kappa shape index (κ2) is 12.2. The van der Waals surface area contributed by atoms with Crippen molar-refractivity contribution in [3.8, 4) is 11.5 Å². The minimum absolute atomic E-state index is 0.165. The van der Waals surface area contributed by atoms with Gasteiger partial charge >= 0.3 is 0 Å². The number of aryl methyl sites for hydroxylation is 2. The molecule has 33 heavy (non-hydrogen) atoms. The Bertz CT molecular complexity index is 1140. The Morgan fingerprint density at radius 3 is 2.55 bits per heavy atom. The van der Waals surface area contributed by atoms with Gasteiger partial charge in [0.15, 0.2) is 16.7 Å². The smallest absolute Gasteiger partial charge is 0.250 e. The summed E-state index contributed by atoms with van der Waals surface area (Å²) in [5.41, 5.74) is 6.02. The molecule has 172 valence electrons. The molecular weight excluding hydrogens is 575 g/mol. The van der Waals surface area contributed by atoms with Gasteiger partial charge in [-0.15, -0.1) is 0 Å². The lowest BCUT2D eigenvalue weighted by molar-refractivity contribution is -0.118. The molecule has 0 saturated heterocycles. The van der Waals surface area contributed by atoms with E-state index >= 15 is 0 Å². The summed E-state index contributed by atoms with van der Waals surface area (Å²) in [7, 11) is 1.58. The van der Waals surface area contributed by atoms with Gasteiger partial charge in [0.25, 0.3) is 5.91 Å². The van der Waals surface area contributed by atoms with Gasteiger partial charge in [0, 0.05) is 16.4 Å². The second-order valence-electron chi connectivity index (χ2n) is 6.96. The maximum atomic E-state index is 12.1. The van der Waals surface area contributed by atoms with Crippen molar-refractivity contribution in [2.24, 2.45) is 5.10 Å². The fourth-order valence-electron chi connectivity index (χ4n) is 2.79. The van der Waals surface area contributed by atoms with Crippen molar-refractivity contribution >= 4 is 58.1 Å². The summed E-state index contributed by atoms with van der Waals surface area (Å²) in [6.45, 7) is 4.17. The Labute approximate surface area is 215 Å². The lowest BCUT2D eigenvalue weighted by atomic mass is 10.2. The molecule has 1 N–H and O–H groups in total. The Kier molecular flexibility index (Phi) is 9.33. The van der Waals surface area contributed by atoms with Crippen LogP contribution >= 0.6 is 46.0 Å². The van der Waals surface area contributed by atoms with E-state index in [1.807, 2.05) is 50.2 Å². The first-order chi connectivity index (χ1) is 15.8. The quantitative estimate of drug-likeness (QED) is 0.120. The van der Waals surface area contributed by atoms with Crippen molar-refractivity contribution < 1.29 is 14.3 Å². The standard InChI is InChI=1S/C23H22ClIN4O3S/c1-14-8-15(2)28-23(27-14)33-13-21(30)29-26-11-17-9-19(25)22(20(10-17)31-3)32-12-16-4-6-18(24)7-5-16/h4-11H,12-13H2,1-3H3,(H,29,30)/b26-11+. The topological polar surface area (TPSA) is 85.7 Å². The number of nitrogens with zero attached hydrogens (tertiary/aromatic N) is 3. The van der Waals surface area contributed by atoms with E-state index in [4.69, 9.17) is 21.1 Å². The van der Waals surface area contributed by atoms with Crippen molar-refractivity contribution in [3.05, 3.63) is 73.6 Å². The number of hydrogen-bond acceptors (Lipinski definition) is 7. The van der Waals surface area contributed by atoms with Gasteiger partial charge in [-0.25, -0.2) is 15.4 Å². The van der Waals surface area contributed by atoms with E-state index in [1.54, 1.807) is 19.4 Å². The summed E-state index contributed by atoms with van der Waals surface area (Å²) in [5.74, 6) is 1.13. The molecule has 1 heterocycles. The van der Waals surface area contributed by atoms with Crippen LogP contribution in [0.3, 0.4) is 0 Å². The molecule has 0 fully saturated rings. The third-order valence-electron chi connectivity index (χ3n) is 4.25. The van der Waals surface area contributed by atoms with Crippen LogP contribution in [0.2, 0.25) is 5.02 Å². The molecule has 0 unspecified atom stereocenters. The van der Waals surface area contributed by atoms with Gasteiger partial charge < -0.3 is 9.47 Å². The van der Waals surface area contributed by atoms with Crippen LogP contribution in [0.1, 0.15) is 22.5 Å². The molecule has 1 aromatic heterocycles. The highest BCUT2D eigenvalue weighted by Gasteiger charge is 2.12. The molecule has 0 saturated carbocycles. The molecule has 3 aromatic rings. The van der Waals surface area contributed by atoms with E-state index in [1.165, 1.54) is 11.8 Å². The lowest BCUT2D eigenvalue weighted by Crippen LogP contribution is -2.19. The molecule has 10 heteroatoms. The molecule has 0 aliphatic heterocycles. The molecule has 0 radical (unpaired) electrons. The van der Waals surface area contributed by atoms with E-state index < -0.39 is 0 Å². The molecule has 0 bridgehead atoms. The summed E-state index contributed by atoms with van der Waals surface area (Å²) in [4.78, 5) is 20.7. The lowest BCUT2D eigenvalue weighted by Gasteiger charge is -2.13. The number of ether oxygens (including phenoxy) is 2. The molecule has 2 aromatic carbocycles. The van der Waals surface area contributed by atoms with Gasteiger partial charge in [-0.3, -0.25) is 4.79 Å². The third-order valence-corrected chi connectivity index (χ3v) is 6.15. The zero-order valence-corrected chi connectivity index (χ0v) is 22.0. The molecule has 3 rings (SSSR count). The van der Waals surface area contributed by atoms with Crippen LogP contribution in [0.4, 0.5) is 0 Å². The van der Waals surface area contributed by atoms with E-state index in [-0.39, 0.29) is 11.7 Å². The van der Waals surface area contributed by atoms with Crippen LogP contribution in [0.25, 0.3) is 0 Å². The van der Waals surface area contributed by atoms with Crippen molar-refractivity contribution in [2.45, 2.75) is 25.6 Å². The number of thioether (sulfide) groups is 1. The number of carbonyl (C=O) groups excluding carboxylic acids is 1. The highest BCUT2D eigenvalue weighted by molar-refractivity contribution is 14.1. The zero-order valence-electron chi connectivity index (χ0n) is 18.3. The first kappa shape index (κ1) is 25.3. The van der Waals surface area contributed by atoms with E-state index in [0.717, 1.165) is 26.1 Å². The number of rotatable bonds is 9. The third kappa shape index (κ3) is 7.86. The molecule has 0 aliphatic carbocycles. The number of halogens is 2. The summed E-state index contributed by atoms with van der Waals surface area (Å²) in [6, 6.07) is 13.1. The highest BCUT2D eigenvalue weighted by Crippen LogP contribution is 2.34. The van der Waals surface area contributed by atoms with Gasteiger partial charge in [-0.05, 0) is 77.9 Å². The first-order valence-corrected chi connectivity index (χ1v) is 12.3. The number of carbonyl (C=O) groups is 1. The van der Waals surface area contributed by atoms with Crippen molar-refractivity contribution in [1.29, 1.82) is 0 Å². The fourth-order valence-corrected chi connectivity index (χ4v) is 4.44. The number of hydrazone groups is 1. The normalized spacial score (nSPS) is 10.9. The SMILES string of the molecule is COc1cc(/C=N/NC(=O)CSc2nc(C)cc(C)n2)cc(I)c1OCc1ccc(Cl)cc1. The van der Waals surface area contributed by atoms with Gasteiger partial charge in [-0.1, -0.05) is 35.5 Å². The maximum Gasteiger partial charge on any atom is 0.250 e. The monoisotopic (exact) mass is 596 g/mol. The first-order valence-electron chi connectivity index (χ1n) is 9.86. The summed E-state index contributed by atoms with van der Waals surface area (Å²) in [6.07, 6.45) is 1.56. The van der Waals surface area contributed by atoms with Gasteiger partial charge in [0.2, 0.25) is 0 Å². The van der Waals surface area contributed by atoms with E-state index in [2.05, 4.69) is 43.1 Å². The van der Waals surface area contributed by atoms with Crippen LogP contribution in [-0.2, 0) is 11.4 Å². The molecule has 1 amide bonds. The largest absolute Gasteiger partial charge is 0.493 e. The predicted octanol–water partition coefficient (Wildman–Crippen LogP) is 5.18. The van der Waals surface area contributed by atoms with Crippen LogP contribution in [0, 0.1) is 17.4 Å². The molecule has 7 nitrogen and oxygen atoms in total. The average Bonchev–Trinajstić information content (AvgIpc) is 2.77. The molecule has 0 atom stereocenters. The van der Waals surface area contributed by atoms with Gasteiger partial charge in [-0.2, -0.15) is 5.10 Å². The number of hydrogen-bond donors (Lipinski definition) is 1. The van der Waals surface area contributed by atoms with Crippen LogP contribution in [0.5, 0.6) is 11.5 Å². The van der Waals surface area contributed by atoms with Crippen molar-refractivity contribution in [3.63, 3.8) is 0 Å². The highest BCUT2D eigenvalue weighted by atomic mass is 127. The van der Waals surface area contributed by atoms with Crippen LogP contribution < -0.4 is 14.9 Å². The van der Waals surface area contributed by atoms with Crippen LogP contribution in [0.15, 0.2) is 52.7 Å². The van der Waals surface area contributed by atoms with Crippen LogP contribution in [-0.4, -0.2) is 35.0 Å². The Balaban J connectivity index is 1.58. The molecular formula is C23H22ClIN4O3S. The number of aromatic nitrogens is 2. The van der Waals surface area contributed by atoms with Crippen molar-refractivity contribution in [2.75, 3.05) is 12.9 Å². The Hall–Kier alpha value is -2.37. The van der Waals surface area contributed by atoms with E-state index in [0.29, 0.717) is 28.3 Å². The van der Waals surface area contributed by atoms with Gasteiger partial charge in [0.05, 0.1) is 22.6 Å². The molecule has 0 aliphatic rings. The molecule has 0 spiro atoms.